The zero-order chi connectivity index (χ0) is 18.8. The number of nitrogens with zero attached hydrogens (tertiary/aromatic N) is 1. The van der Waals surface area contributed by atoms with E-state index in [0.29, 0.717) is 5.56 Å². The number of aromatic carboxylic acids is 1. The Hall–Kier alpha value is -2.82. The van der Waals surface area contributed by atoms with E-state index in [1.807, 2.05) is 36.9 Å². The molecule has 0 aliphatic carbocycles. The number of rotatable bonds is 4. The van der Waals surface area contributed by atoms with Crippen LogP contribution in [0.1, 0.15) is 46.9 Å². The Morgan fingerprint density at radius 2 is 1.92 bits per heavy atom. The standard InChI is InChI=1S/C21H23NO4/c1-13-10-16-11-17(26-3)8-9-18(16)14(2)22(13)20(23)12-15-6-4-5-7-19(15)21(24)25/h4-9,11,13-14H,10,12H2,1-3H3,(H,24,25). The largest absolute Gasteiger partial charge is 0.497 e. The van der Waals surface area contributed by atoms with Crippen molar-refractivity contribution in [1.29, 1.82) is 0 Å². The molecule has 0 fully saturated rings. The maximum absolute atomic E-state index is 13.0. The van der Waals surface area contributed by atoms with Gasteiger partial charge in [0.2, 0.25) is 5.91 Å². The molecule has 0 bridgehead atoms. The highest BCUT2D eigenvalue weighted by atomic mass is 16.5. The molecule has 5 nitrogen and oxygen atoms in total. The van der Waals surface area contributed by atoms with Crippen LogP contribution < -0.4 is 4.74 Å². The van der Waals surface area contributed by atoms with Crippen molar-refractivity contribution >= 4 is 11.9 Å². The maximum Gasteiger partial charge on any atom is 0.335 e. The highest BCUT2D eigenvalue weighted by molar-refractivity contribution is 5.91. The van der Waals surface area contributed by atoms with Gasteiger partial charge in [0.15, 0.2) is 0 Å². The summed E-state index contributed by atoms with van der Waals surface area (Å²) in [6.45, 7) is 4.04. The maximum atomic E-state index is 13.0. The Kier molecular flexibility index (Phi) is 4.98. The predicted molar refractivity (Wildman–Crippen MR) is 98.5 cm³/mol. The summed E-state index contributed by atoms with van der Waals surface area (Å²) in [6, 6.07) is 12.6. The molecule has 26 heavy (non-hydrogen) atoms. The molecule has 3 rings (SSSR count). The van der Waals surface area contributed by atoms with E-state index in [1.165, 1.54) is 11.6 Å². The lowest BCUT2D eigenvalue weighted by atomic mass is 9.88. The van der Waals surface area contributed by atoms with Gasteiger partial charge in [-0.2, -0.15) is 0 Å². The van der Waals surface area contributed by atoms with Crippen LogP contribution in [0.5, 0.6) is 5.75 Å². The van der Waals surface area contributed by atoms with Gasteiger partial charge in [-0.05, 0) is 55.2 Å². The summed E-state index contributed by atoms with van der Waals surface area (Å²) in [4.78, 5) is 26.3. The Morgan fingerprint density at radius 1 is 1.19 bits per heavy atom. The number of carbonyl (C=O) groups is 2. The summed E-state index contributed by atoms with van der Waals surface area (Å²) in [5.41, 5.74) is 3.04. The number of hydrogen-bond acceptors (Lipinski definition) is 3. The lowest BCUT2D eigenvalue weighted by Gasteiger charge is -2.40. The van der Waals surface area contributed by atoms with Gasteiger partial charge in [-0.15, -0.1) is 0 Å². The molecule has 5 heteroatoms. The van der Waals surface area contributed by atoms with E-state index in [4.69, 9.17) is 4.74 Å². The van der Waals surface area contributed by atoms with Crippen molar-refractivity contribution in [2.45, 2.75) is 38.8 Å². The first-order valence-corrected chi connectivity index (χ1v) is 8.71. The zero-order valence-electron chi connectivity index (χ0n) is 15.2. The molecular formula is C21H23NO4. The Balaban J connectivity index is 1.87. The number of hydrogen-bond donors (Lipinski definition) is 1. The van der Waals surface area contributed by atoms with Gasteiger partial charge >= 0.3 is 5.97 Å². The molecule has 2 atom stereocenters. The van der Waals surface area contributed by atoms with Gasteiger partial charge in [0.05, 0.1) is 25.1 Å². The Bertz CT molecular complexity index is 846. The smallest absolute Gasteiger partial charge is 0.335 e. The molecule has 1 aliphatic rings. The summed E-state index contributed by atoms with van der Waals surface area (Å²) in [5.74, 6) is -0.246. The van der Waals surface area contributed by atoms with E-state index < -0.39 is 5.97 Å². The van der Waals surface area contributed by atoms with Gasteiger partial charge in [-0.1, -0.05) is 24.3 Å². The summed E-state index contributed by atoms with van der Waals surface area (Å²) in [6.07, 6.45) is 0.839. The van der Waals surface area contributed by atoms with Crippen LogP contribution in [0, 0.1) is 0 Å². The fraction of sp³-hybridized carbons (Fsp3) is 0.333. The van der Waals surface area contributed by atoms with Crippen LogP contribution in [0.4, 0.5) is 0 Å². The molecule has 2 unspecified atom stereocenters. The molecule has 1 aliphatic heterocycles. The van der Waals surface area contributed by atoms with Crippen molar-refractivity contribution in [2.24, 2.45) is 0 Å². The number of fused-ring (bicyclic) bond motifs is 1. The Morgan fingerprint density at radius 3 is 2.62 bits per heavy atom. The van der Waals surface area contributed by atoms with Crippen molar-refractivity contribution in [3.8, 4) is 5.75 Å². The van der Waals surface area contributed by atoms with Crippen molar-refractivity contribution in [1.82, 2.24) is 4.90 Å². The van der Waals surface area contributed by atoms with E-state index in [0.717, 1.165) is 17.7 Å². The highest BCUT2D eigenvalue weighted by Gasteiger charge is 2.33. The molecule has 0 saturated heterocycles. The molecule has 0 saturated carbocycles. The minimum atomic E-state index is -1.01. The topological polar surface area (TPSA) is 66.8 Å². The summed E-state index contributed by atoms with van der Waals surface area (Å²) in [5, 5.41) is 9.34. The van der Waals surface area contributed by atoms with E-state index >= 15 is 0 Å². The number of benzene rings is 2. The Labute approximate surface area is 153 Å². The van der Waals surface area contributed by atoms with E-state index in [9.17, 15) is 14.7 Å². The van der Waals surface area contributed by atoms with Crippen LogP contribution in [-0.4, -0.2) is 35.0 Å². The molecule has 1 N–H and O–H groups in total. The fourth-order valence-electron chi connectivity index (χ4n) is 3.84. The van der Waals surface area contributed by atoms with E-state index in [2.05, 4.69) is 0 Å². The zero-order valence-corrected chi connectivity index (χ0v) is 15.2. The lowest BCUT2D eigenvalue weighted by molar-refractivity contribution is -0.135. The number of ether oxygens (including phenoxy) is 1. The predicted octanol–water partition coefficient (Wildman–Crippen LogP) is 3.47. The first-order valence-electron chi connectivity index (χ1n) is 8.71. The van der Waals surface area contributed by atoms with Crippen LogP contribution in [0.25, 0.3) is 0 Å². The summed E-state index contributed by atoms with van der Waals surface area (Å²) >= 11 is 0. The normalized spacial score (nSPS) is 19.0. The minimum absolute atomic E-state index is 0.0362. The molecule has 2 aromatic carbocycles. The summed E-state index contributed by atoms with van der Waals surface area (Å²) in [7, 11) is 1.65. The number of carboxylic acid groups (broad SMARTS) is 1. The third kappa shape index (κ3) is 3.29. The quantitative estimate of drug-likeness (QED) is 0.914. The third-order valence-electron chi connectivity index (χ3n) is 5.09. The molecule has 0 spiro atoms. The second-order valence-electron chi connectivity index (χ2n) is 6.73. The molecular weight excluding hydrogens is 330 g/mol. The van der Waals surface area contributed by atoms with Gasteiger partial charge in [0.25, 0.3) is 0 Å². The van der Waals surface area contributed by atoms with Crippen LogP contribution in [0.15, 0.2) is 42.5 Å². The van der Waals surface area contributed by atoms with Gasteiger partial charge in [-0.3, -0.25) is 4.79 Å². The van der Waals surface area contributed by atoms with Crippen molar-refractivity contribution in [3.05, 3.63) is 64.7 Å². The number of methoxy groups -OCH3 is 1. The third-order valence-corrected chi connectivity index (χ3v) is 5.09. The number of amides is 1. The SMILES string of the molecule is COc1ccc2c(c1)CC(C)N(C(=O)Cc1ccccc1C(=O)O)C2C. The first-order chi connectivity index (χ1) is 12.4. The molecule has 0 aromatic heterocycles. The lowest BCUT2D eigenvalue weighted by Crippen LogP contribution is -2.45. The van der Waals surface area contributed by atoms with E-state index in [1.54, 1.807) is 25.3 Å². The van der Waals surface area contributed by atoms with Crippen molar-refractivity contribution in [3.63, 3.8) is 0 Å². The van der Waals surface area contributed by atoms with Crippen LogP contribution in [0.2, 0.25) is 0 Å². The average Bonchev–Trinajstić information content (AvgIpc) is 2.61. The van der Waals surface area contributed by atoms with Crippen LogP contribution in [-0.2, 0) is 17.6 Å². The number of carboxylic acids is 1. The van der Waals surface area contributed by atoms with Crippen LogP contribution in [0.3, 0.4) is 0 Å². The monoisotopic (exact) mass is 353 g/mol. The average molecular weight is 353 g/mol. The van der Waals surface area contributed by atoms with Crippen molar-refractivity contribution in [2.75, 3.05) is 7.11 Å². The molecule has 0 radical (unpaired) electrons. The number of carbonyl (C=O) groups excluding carboxylic acids is 1. The van der Waals surface area contributed by atoms with Gasteiger partial charge in [0.1, 0.15) is 5.75 Å². The van der Waals surface area contributed by atoms with Crippen molar-refractivity contribution < 1.29 is 19.4 Å². The highest BCUT2D eigenvalue weighted by Crippen LogP contribution is 2.35. The second kappa shape index (κ2) is 7.20. The van der Waals surface area contributed by atoms with E-state index in [-0.39, 0.29) is 30.0 Å². The summed E-state index contributed by atoms with van der Waals surface area (Å²) < 4.78 is 5.30. The van der Waals surface area contributed by atoms with Gasteiger partial charge in [0, 0.05) is 6.04 Å². The van der Waals surface area contributed by atoms with Crippen LogP contribution >= 0.6 is 0 Å². The fourth-order valence-corrected chi connectivity index (χ4v) is 3.84. The molecule has 1 heterocycles. The van der Waals surface area contributed by atoms with Gasteiger partial charge < -0.3 is 14.7 Å². The molecule has 2 aromatic rings. The first kappa shape index (κ1) is 18.0. The van der Waals surface area contributed by atoms with Gasteiger partial charge in [-0.25, -0.2) is 4.79 Å². The second-order valence-corrected chi connectivity index (χ2v) is 6.73. The molecule has 1 amide bonds. The minimum Gasteiger partial charge on any atom is -0.497 e. The molecule has 136 valence electrons.